The average molecular weight is 375 g/mol. The summed E-state index contributed by atoms with van der Waals surface area (Å²) in [7, 11) is 1.67. The van der Waals surface area contributed by atoms with Crippen LogP contribution < -0.4 is 10.1 Å². The number of ether oxygens (including phenoxy) is 1. The predicted molar refractivity (Wildman–Crippen MR) is 107 cm³/mol. The van der Waals surface area contributed by atoms with E-state index >= 15 is 0 Å². The van der Waals surface area contributed by atoms with Crippen molar-refractivity contribution in [1.82, 2.24) is 10.2 Å². The molecule has 27 heavy (non-hydrogen) atoms. The van der Waals surface area contributed by atoms with Crippen LogP contribution in [0.2, 0.25) is 0 Å². The number of piperidine rings is 2. The summed E-state index contributed by atoms with van der Waals surface area (Å²) in [6.07, 6.45) is 4.04. The molecule has 2 saturated heterocycles. The van der Waals surface area contributed by atoms with E-state index in [0.29, 0.717) is 5.92 Å². The van der Waals surface area contributed by atoms with Gasteiger partial charge < -0.3 is 15.2 Å². The molecule has 1 aromatic carbocycles. The van der Waals surface area contributed by atoms with Crippen LogP contribution >= 0.6 is 0 Å². The van der Waals surface area contributed by atoms with Gasteiger partial charge in [0.05, 0.1) is 13.0 Å². The lowest BCUT2D eigenvalue weighted by Gasteiger charge is -2.53. The first kappa shape index (κ1) is 20.2. The lowest BCUT2D eigenvalue weighted by Crippen LogP contribution is -2.61. The number of hydrogen-bond donors (Lipinski definition) is 2. The van der Waals surface area contributed by atoms with Gasteiger partial charge in [0.1, 0.15) is 5.75 Å². The first-order valence-corrected chi connectivity index (χ1v) is 10.3. The summed E-state index contributed by atoms with van der Waals surface area (Å²) in [5.74, 6) is 0.730. The zero-order valence-corrected chi connectivity index (χ0v) is 16.9. The van der Waals surface area contributed by atoms with E-state index in [9.17, 15) is 9.90 Å². The molecule has 3 atom stereocenters. The van der Waals surface area contributed by atoms with Crippen LogP contribution in [0.3, 0.4) is 0 Å². The number of carboxylic acids is 1. The Kier molecular flexibility index (Phi) is 6.43. The topological polar surface area (TPSA) is 61.8 Å². The van der Waals surface area contributed by atoms with Crippen LogP contribution in [-0.4, -0.2) is 48.3 Å². The molecule has 150 valence electrons. The van der Waals surface area contributed by atoms with E-state index in [4.69, 9.17) is 4.74 Å². The van der Waals surface area contributed by atoms with Crippen LogP contribution in [0.4, 0.5) is 0 Å². The molecule has 3 unspecified atom stereocenters. The maximum Gasteiger partial charge on any atom is 0.308 e. The number of carbonyl (C=O) groups is 1. The molecule has 0 saturated carbocycles. The van der Waals surface area contributed by atoms with Crippen molar-refractivity contribution in [3.05, 3.63) is 29.8 Å². The second-order valence-electron chi connectivity index (χ2n) is 8.34. The zero-order chi connectivity index (χ0) is 19.4. The molecule has 2 aliphatic rings. The Morgan fingerprint density at radius 3 is 2.48 bits per heavy atom. The zero-order valence-electron chi connectivity index (χ0n) is 16.9. The molecule has 2 fully saturated rings. The van der Waals surface area contributed by atoms with Crippen molar-refractivity contribution in [2.24, 2.45) is 17.8 Å². The normalized spacial score (nSPS) is 30.2. The van der Waals surface area contributed by atoms with Gasteiger partial charge in [0.2, 0.25) is 0 Å². The lowest BCUT2D eigenvalue weighted by molar-refractivity contribution is -0.159. The molecule has 5 nitrogen and oxygen atoms in total. The van der Waals surface area contributed by atoms with Gasteiger partial charge in [0.25, 0.3) is 0 Å². The van der Waals surface area contributed by atoms with Gasteiger partial charge >= 0.3 is 5.97 Å². The third-order valence-electron chi connectivity index (χ3n) is 7.06. The second kappa shape index (κ2) is 8.61. The quantitative estimate of drug-likeness (QED) is 0.799. The molecule has 5 heteroatoms. The fourth-order valence-corrected chi connectivity index (χ4v) is 5.27. The van der Waals surface area contributed by atoms with E-state index < -0.39 is 5.97 Å². The molecule has 0 aromatic heterocycles. The van der Waals surface area contributed by atoms with Gasteiger partial charge in [-0.15, -0.1) is 0 Å². The molecule has 0 radical (unpaired) electrons. The van der Waals surface area contributed by atoms with Crippen molar-refractivity contribution < 1.29 is 14.6 Å². The van der Waals surface area contributed by atoms with Gasteiger partial charge in [-0.2, -0.15) is 0 Å². The highest BCUT2D eigenvalue weighted by Gasteiger charge is 2.51. The molecule has 0 bridgehead atoms. The Balaban J connectivity index is 1.82. The largest absolute Gasteiger partial charge is 0.497 e. The van der Waals surface area contributed by atoms with Gasteiger partial charge in [-0.25, -0.2) is 0 Å². The number of nitrogens with zero attached hydrogens (tertiary/aromatic N) is 1. The Labute approximate surface area is 163 Å². The van der Waals surface area contributed by atoms with Gasteiger partial charge in [0.15, 0.2) is 0 Å². The fraction of sp³-hybridized carbons (Fsp3) is 0.682. The Morgan fingerprint density at radius 2 is 1.93 bits per heavy atom. The third kappa shape index (κ3) is 4.14. The van der Waals surface area contributed by atoms with E-state index in [1.54, 1.807) is 7.11 Å². The minimum absolute atomic E-state index is 0.279. The Hall–Kier alpha value is -1.59. The number of rotatable bonds is 6. The fourth-order valence-electron chi connectivity index (χ4n) is 5.27. The molecule has 2 heterocycles. The highest BCUT2D eigenvalue weighted by atomic mass is 16.5. The van der Waals surface area contributed by atoms with Gasteiger partial charge in [0, 0.05) is 12.1 Å². The van der Waals surface area contributed by atoms with E-state index in [-0.39, 0.29) is 17.4 Å². The summed E-state index contributed by atoms with van der Waals surface area (Å²) < 4.78 is 5.25. The molecule has 1 aromatic rings. The molecule has 0 spiro atoms. The van der Waals surface area contributed by atoms with Crippen molar-refractivity contribution in [1.29, 1.82) is 0 Å². The number of aliphatic carboxylic acids is 1. The predicted octanol–water partition coefficient (Wildman–Crippen LogP) is 3.39. The third-order valence-corrected chi connectivity index (χ3v) is 7.06. The summed E-state index contributed by atoms with van der Waals surface area (Å²) in [5, 5.41) is 13.6. The number of likely N-dealkylation sites (tertiary alicyclic amines) is 1. The standard InChI is InChI=1S/C22H34N2O3/c1-4-22(2)20(21(25)26)19(17-9-12-23-13-10-17)11-14-24(22)15-16-5-7-18(27-3)8-6-16/h5-8,17,19-20,23H,4,9-15H2,1-3H3,(H,25,26). The highest BCUT2D eigenvalue weighted by Crippen LogP contribution is 2.45. The monoisotopic (exact) mass is 374 g/mol. The molecule has 2 aliphatic heterocycles. The highest BCUT2D eigenvalue weighted by molar-refractivity contribution is 5.72. The SMILES string of the molecule is CCC1(C)C(C(=O)O)C(C2CCNCC2)CCN1Cc1ccc(OC)cc1. The van der Waals surface area contributed by atoms with Crippen molar-refractivity contribution in [2.75, 3.05) is 26.7 Å². The van der Waals surface area contributed by atoms with E-state index in [1.807, 2.05) is 12.1 Å². The number of hydrogen-bond acceptors (Lipinski definition) is 4. The summed E-state index contributed by atoms with van der Waals surface area (Å²) >= 11 is 0. The van der Waals surface area contributed by atoms with Gasteiger partial charge in [-0.05, 0) is 81.8 Å². The maximum atomic E-state index is 12.4. The van der Waals surface area contributed by atoms with Crippen LogP contribution in [0.15, 0.2) is 24.3 Å². The average Bonchev–Trinajstić information content (AvgIpc) is 2.70. The van der Waals surface area contributed by atoms with E-state index in [1.165, 1.54) is 5.56 Å². The second-order valence-corrected chi connectivity index (χ2v) is 8.34. The molecule has 2 N–H and O–H groups in total. The minimum atomic E-state index is -0.623. The first-order chi connectivity index (χ1) is 13.0. The van der Waals surface area contributed by atoms with Crippen LogP contribution in [0, 0.1) is 17.8 Å². The van der Waals surface area contributed by atoms with Crippen LogP contribution in [-0.2, 0) is 11.3 Å². The summed E-state index contributed by atoms with van der Waals surface area (Å²) in [6, 6.07) is 8.14. The Bertz CT molecular complexity index is 627. The van der Waals surface area contributed by atoms with E-state index in [0.717, 1.165) is 57.6 Å². The van der Waals surface area contributed by atoms with Gasteiger partial charge in [-0.1, -0.05) is 19.1 Å². The molecular weight excluding hydrogens is 340 g/mol. The summed E-state index contributed by atoms with van der Waals surface area (Å²) in [6.45, 7) is 8.11. The minimum Gasteiger partial charge on any atom is -0.497 e. The lowest BCUT2D eigenvalue weighted by atomic mass is 9.64. The van der Waals surface area contributed by atoms with Crippen molar-refractivity contribution in [2.45, 2.75) is 51.6 Å². The molecule has 0 amide bonds. The number of carboxylic acid groups (broad SMARTS) is 1. The molecule has 3 rings (SSSR count). The number of methoxy groups -OCH3 is 1. The van der Waals surface area contributed by atoms with Crippen molar-refractivity contribution in [3.8, 4) is 5.75 Å². The molecular formula is C22H34N2O3. The smallest absolute Gasteiger partial charge is 0.308 e. The van der Waals surface area contributed by atoms with Crippen LogP contribution in [0.25, 0.3) is 0 Å². The summed E-state index contributed by atoms with van der Waals surface area (Å²) in [5.41, 5.74) is 0.888. The Morgan fingerprint density at radius 1 is 1.26 bits per heavy atom. The van der Waals surface area contributed by atoms with Crippen molar-refractivity contribution in [3.63, 3.8) is 0 Å². The number of nitrogens with one attached hydrogen (secondary N) is 1. The number of benzene rings is 1. The van der Waals surface area contributed by atoms with Crippen LogP contribution in [0.5, 0.6) is 5.75 Å². The maximum absolute atomic E-state index is 12.4. The van der Waals surface area contributed by atoms with Gasteiger partial charge in [-0.3, -0.25) is 9.69 Å². The summed E-state index contributed by atoms with van der Waals surface area (Å²) in [4.78, 5) is 14.8. The first-order valence-electron chi connectivity index (χ1n) is 10.3. The van der Waals surface area contributed by atoms with E-state index in [2.05, 4.69) is 36.2 Å². The van der Waals surface area contributed by atoms with Crippen LogP contribution in [0.1, 0.15) is 45.1 Å². The van der Waals surface area contributed by atoms with Crippen molar-refractivity contribution >= 4 is 5.97 Å². The molecule has 0 aliphatic carbocycles.